The van der Waals surface area contributed by atoms with Gasteiger partial charge in [-0.15, -0.1) is 0 Å². The van der Waals surface area contributed by atoms with Gasteiger partial charge in [0.2, 0.25) is 0 Å². The van der Waals surface area contributed by atoms with E-state index in [-0.39, 0.29) is 0 Å². The average Bonchev–Trinajstić information content (AvgIpc) is 2.50. The largest absolute Gasteiger partial charge is 0.490 e. The van der Waals surface area contributed by atoms with Gasteiger partial charge in [-0.05, 0) is 37.5 Å². The molecule has 140 valence electrons. The Hall–Kier alpha value is -1.11. The third-order valence-corrected chi connectivity index (χ3v) is 4.89. The fraction of sp³-hybridized carbons (Fsp3) is 0.882. The lowest BCUT2D eigenvalue weighted by Crippen LogP contribution is -2.27. The monoisotopic (exact) mass is 351 g/mol. The van der Waals surface area contributed by atoms with Crippen molar-refractivity contribution < 1.29 is 27.9 Å². The Kier molecular flexibility index (Phi) is 8.73. The van der Waals surface area contributed by atoms with Gasteiger partial charge in [-0.2, -0.15) is 13.2 Å². The van der Waals surface area contributed by atoms with E-state index >= 15 is 0 Å². The lowest BCUT2D eigenvalue weighted by molar-refractivity contribution is -0.192. The minimum absolute atomic E-state index is 0.402. The summed E-state index contributed by atoms with van der Waals surface area (Å²) < 4.78 is 31.7. The van der Waals surface area contributed by atoms with Gasteiger partial charge in [-0.25, -0.2) is 4.79 Å². The summed E-state index contributed by atoms with van der Waals surface area (Å²) in [5.74, 6) is -0.877. The molecule has 4 nitrogen and oxygen atoms in total. The van der Waals surface area contributed by atoms with Crippen molar-refractivity contribution in [1.82, 2.24) is 0 Å². The fourth-order valence-electron chi connectivity index (χ4n) is 3.51. The molecule has 0 heterocycles. The Balaban J connectivity index is 0.000000351. The van der Waals surface area contributed by atoms with Gasteiger partial charge in [-0.3, -0.25) is 4.79 Å². The maximum absolute atomic E-state index is 12.0. The molecule has 2 saturated carbocycles. The van der Waals surface area contributed by atoms with E-state index in [0.717, 1.165) is 25.7 Å². The van der Waals surface area contributed by atoms with Crippen LogP contribution >= 0.6 is 0 Å². The number of nitrogens with two attached hydrogens (primary N) is 1. The Bertz CT molecular complexity index is 398. The highest BCUT2D eigenvalue weighted by molar-refractivity contribution is 5.78. The van der Waals surface area contributed by atoms with Gasteiger partial charge in [0.15, 0.2) is 0 Å². The first-order valence-corrected chi connectivity index (χ1v) is 8.76. The number of carbonyl (C=O) groups excluding carboxylic acids is 1. The van der Waals surface area contributed by atoms with Crippen LogP contribution in [-0.4, -0.2) is 29.1 Å². The zero-order valence-electron chi connectivity index (χ0n) is 14.0. The zero-order chi connectivity index (χ0) is 18.2. The van der Waals surface area contributed by atoms with Gasteiger partial charge >= 0.3 is 12.1 Å². The third kappa shape index (κ3) is 8.66. The molecule has 0 bridgehead atoms. The number of carbonyl (C=O) groups is 2. The molecule has 2 fully saturated rings. The number of aliphatic carboxylic acids is 1. The second-order valence-corrected chi connectivity index (χ2v) is 7.03. The molecule has 2 aliphatic carbocycles. The molecule has 0 saturated heterocycles. The summed E-state index contributed by atoms with van der Waals surface area (Å²) in [5.41, 5.74) is 5.89. The van der Waals surface area contributed by atoms with Crippen molar-refractivity contribution in [2.75, 3.05) is 0 Å². The molecule has 24 heavy (non-hydrogen) atoms. The van der Waals surface area contributed by atoms with Gasteiger partial charge in [0, 0.05) is 18.9 Å². The van der Waals surface area contributed by atoms with E-state index in [1.165, 1.54) is 44.9 Å². The number of halogens is 3. The molecule has 0 amide bonds. The number of hydrogen-bond donors (Lipinski definition) is 2. The highest BCUT2D eigenvalue weighted by Crippen LogP contribution is 2.30. The van der Waals surface area contributed by atoms with Gasteiger partial charge in [0.25, 0.3) is 0 Å². The number of hydrogen-bond acceptors (Lipinski definition) is 3. The summed E-state index contributed by atoms with van der Waals surface area (Å²) in [6.07, 6.45) is 7.88. The molecule has 0 aromatic rings. The maximum atomic E-state index is 12.0. The first-order chi connectivity index (χ1) is 11.2. The van der Waals surface area contributed by atoms with Crippen LogP contribution in [0.4, 0.5) is 13.2 Å². The van der Waals surface area contributed by atoms with Gasteiger partial charge in [-0.1, -0.05) is 32.1 Å². The van der Waals surface area contributed by atoms with Crippen LogP contribution in [-0.2, 0) is 9.59 Å². The molecule has 0 atom stereocenters. The van der Waals surface area contributed by atoms with E-state index < -0.39 is 12.1 Å². The molecule has 0 spiro atoms. The van der Waals surface area contributed by atoms with Crippen LogP contribution in [0.5, 0.6) is 0 Å². The number of carboxylic acid groups (broad SMARTS) is 1. The summed E-state index contributed by atoms with van der Waals surface area (Å²) in [6.45, 7) is 0. The van der Waals surface area contributed by atoms with Crippen molar-refractivity contribution in [3.05, 3.63) is 0 Å². The molecular formula is C17H28F3NO3. The first-order valence-electron chi connectivity index (χ1n) is 8.76. The molecule has 0 aromatic heterocycles. The topological polar surface area (TPSA) is 80.4 Å². The molecule has 7 heteroatoms. The first kappa shape index (κ1) is 20.9. The second-order valence-electron chi connectivity index (χ2n) is 7.03. The van der Waals surface area contributed by atoms with E-state index in [9.17, 15) is 18.0 Å². The summed E-state index contributed by atoms with van der Waals surface area (Å²) >= 11 is 0. The highest BCUT2D eigenvalue weighted by Gasteiger charge is 2.38. The lowest BCUT2D eigenvalue weighted by Gasteiger charge is -2.26. The van der Waals surface area contributed by atoms with Crippen molar-refractivity contribution in [3.8, 4) is 0 Å². The Morgan fingerprint density at radius 2 is 1.29 bits per heavy atom. The SMILES string of the molecule is NC1CCC(CC(=O)CC2CCCCC2)CC1.O=C(O)C(F)(F)F. The van der Waals surface area contributed by atoms with Crippen LogP contribution in [0.3, 0.4) is 0 Å². The molecule has 3 N–H and O–H groups in total. The van der Waals surface area contributed by atoms with Gasteiger partial charge in [0.05, 0.1) is 0 Å². The van der Waals surface area contributed by atoms with Gasteiger partial charge in [0.1, 0.15) is 5.78 Å². The Labute approximate surface area is 141 Å². The van der Waals surface area contributed by atoms with Crippen molar-refractivity contribution >= 4 is 11.8 Å². The number of ketones is 1. The fourth-order valence-corrected chi connectivity index (χ4v) is 3.51. The predicted octanol–water partition coefficient (Wildman–Crippen LogP) is 4.07. The van der Waals surface area contributed by atoms with Crippen LogP contribution < -0.4 is 5.73 Å². The van der Waals surface area contributed by atoms with Crippen molar-refractivity contribution in [2.45, 2.75) is 82.8 Å². The smallest absolute Gasteiger partial charge is 0.475 e. The van der Waals surface area contributed by atoms with Crippen LogP contribution in [0.2, 0.25) is 0 Å². The summed E-state index contributed by atoms with van der Waals surface area (Å²) in [5, 5.41) is 7.12. The van der Waals surface area contributed by atoms with Gasteiger partial charge < -0.3 is 10.8 Å². The predicted molar refractivity (Wildman–Crippen MR) is 84.4 cm³/mol. The van der Waals surface area contributed by atoms with Crippen LogP contribution in [0.25, 0.3) is 0 Å². The Morgan fingerprint density at radius 1 is 0.875 bits per heavy atom. The number of rotatable bonds is 4. The molecule has 0 unspecified atom stereocenters. The van der Waals surface area contributed by atoms with Crippen molar-refractivity contribution in [1.29, 1.82) is 0 Å². The molecule has 2 aliphatic rings. The quantitative estimate of drug-likeness (QED) is 0.800. The zero-order valence-corrected chi connectivity index (χ0v) is 14.0. The molecule has 0 radical (unpaired) electrons. The van der Waals surface area contributed by atoms with E-state index in [2.05, 4.69) is 0 Å². The Morgan fingerprint density at radius 3 is 1.71 bits per heavy atom. The maximum Gasteiger partial charge on any atom is 0.490 e. The van der Waals surface area contributed by atoms with Crippen LogP contribution in [0, 0.1) is 11.8 Å². The summed E-state index contributed by atoms with van der Waals surface area (Å²) in [6, 6.07) is 0.402. The van der Waals surface area contributed by atoms with Crippen molar-refractivity contribution in [3.63, 3.8) is 0 Å². The van der Waals surface area contributed by atoms with Crippen LogP contribution in [0.15, 0.2) is 0 Å². The van der Waals surface area contributed by atoms with E-state index in [4.69, 9.17) is 15.6 Å². The van der Waals surface area contributed by atoms with E-state index in [1.807, 2.05) is 0 Å². The molecule has 2 rings (SSSR count). The number of Topliss-reactive ketones (excluding diaryl/α,β-unsaturated/α-hetero) is 1. The summed E-state index contributed by atoms with van der Waals surface area (Å²) in [7, 11) is 0. The van der Waals surface area contributed by atoms with Crippen molar-refractivity contribution in [2.24, 2.45) is 17.6 Å². The molecule has 0 aromatic carbocycles. The van der Waals surface area contributed by atoms with E-state index in [0.29, 0.717) is 23.7 Å². The highest BCUT2D eigenvalue weighted by atomic mass is 19.4. The standard InChI is InChI=1S/C15H27NO.C2HF3O2/c16-14-8-6-13(7-9-14)11-15(17)10-12-4-2-1-3-5-12;3-2(4,5)1(6)7/h12-14H,1-11,16H2;(H,6,7). The average molecular weight is 351 g/mol. The normalized spacial score (nSPS) is 25.5. The number of carboxylic acids is 1. The minimum Gasteiger partial charge on any atom is -0.475 e. The summed E-state index contributed by atoms with van der Waals surface area (Å²) in [4.78, 5) is 20.9. The number of alkyl halides is 3. The van der Waals surface area contributed by atoms with Crippen LogP contribution in [0.1, 0.15) is 70.6 Å². The second kappa shape index (κ2) is 10.0. The molecule has 0 aliphatic heterocycles. The third-order valence-electron chi connectivity index (χ3n) is 4.89. The lowest BCUT2D eigenvalue weighted by atomic mass is 9.80. The van der Waals surface area contributed by atoms with E-state index in [1.54, 1.807) is 0 Å². The minimum atomic E-state index is -5.08. The molecular weight excluding hydrogens is 323 g/mol.